The average Bonchev–Trinajstić information content (AvgIpc) is 2.96. The third-order valence-corrected chi connectivity index (χ3v) is 4.23. The lowest BCUT2D eigenvalue weighted by Gasteiger charge is -2.22. The molecule has 156 valence electrons. The molecule has 0 atom stereocenters. The second kappa shape index (κ2) is 12.8. The van der Waals surface area contributed by atoms with Gasteiger partial charge in [0.1, 0.15) is 24.7 Å². The van der Waals surface area contributed by atoms with Crippen LogP contribution in [0.25, 0.3) is 0 Å². The molecular weight excluding hydrogens is 495 g/mol. The first-order chi connectivity index (χ1) is 13.0. The first-order valence-corrected chi connectivity index (χ1v) is 9.10. The maximum absolute atomic E-state index is 5.98. The number of aryl methyl sites for hydroxylation is 1. The zero-order valence-corrected chi connectivity index (χ0v) is 19.8. The molecule has 0 radical (unpaired) electrons. The number of aliphatic imine (C=N–C) groups is 1. The fourth-order valence-corrected chi connectivity index (χ4v) is 2.45. The first kappa shape index (κ1) is 24.4. The van der Waals surface area contributed by atoms with Crippen molar-refractivity contribution < 1.29 is 9.47 Å². The summed E-state index contributed by atoms with van der Waals surface area (Å²) in [6.07, 6.45) is 0. The third-order valence-electron chi connectivity index (χ3n) is 4.00. The van der Waals surface area contributed by atoms with Gasteiger partial charge in [0.2, 0.25) is 0 Å². The molecule has 0 unspecified atom stereocenters. The van der Waals surface area contributed by atoms with E-state index in [2.05, 4.69) is 20.5 Å². The van der Waals surface area contributed by atoms with Crippen LogP contribution in [0.2, 0.25) is 5.02 Å². The van der Waals surface area contributed by atoms with Gasteiger partial charge in [-0.1, -0.05) is 17.7 Å². The van der Waals surface area contributed by atoms with Crippen molar-refractivity contribution in [2.75, 3.05) is 40.5 Å². The number of nitrogens with one attached hydrogen (secondary N) is 1. The smallest absolute Gasteiger partial charge is 0.194 e. The Morgan fingerprint density at radius 3 is 2.75 bits per heavy atom. The van der Waals surface area contributed by atoms with Crippen molar-refractivity contribution in [1.82, 2.24) is 25.0 Å². The van der Waals surface area contributed by atoms with E-state index < -0.39 is 0 Å². The Labute approximate surface area is 188 Å². The molecule has 2 aromatic rings. The number of rotatable bonds is 9. The second-order valence-electron chi connectivity index (χ2n) is 6.01. The molecule has 1 aromatic heterocycles. The maximum atomic E-state index is 5.98. The molecular formula is C18H28ClIN6O2. The quantitative estimate of drug-likeness (QED) is 0.236. The van der Waals surface area contributed by atoms with Crippen LogP contribution in [0.3, 0.4) is 0 Å². The lowest BCUT2D eigenvalue weighted by atomic mass is 10.3. The fourth-order valence-electron chi connectivity index (χ4n) is 2.27. The van der Waals surface area contributed by atoms with Crippen LogP contribution in [0.1, 0.15) is 11.6 Å². The number of hydrogen-bond acceptors (Lipinski definition) is 5. The van der Waals surface area contributed by atoms with E-state index in [1.807, 2.05) is 48.7 Å². The highest BCUT2D eigenvalue weighted by atomic mass is 127. The summed E-state index contributed by atoms with van der Waals surface area (Å²) in [6.45, 7) is 4.76. The molecule has 0 spiro atoms. The van der Waals surface area contributed by atoms with Crippen LogP contribution in [-0.4, -0.2) is 66.1 Å². The van der Waals surface area contributed by atoms with Gasteiger partial charge < -0.3 is 24.3 Å². The van der Waals surface area contributed by atoms with Crippen molar-refractivity contribution in [3.8, 4) is 5.75 Å². The number of likely N-dealkylation sites (N-methyl/N-ethyl adjacent to an activating group) is 1. The molecule has 0 aliphatic rings. The van der Waals surface area contributed by atoms with E-state index in [4.69, 9.17) is 21.1 Å². The Morgan fingerprint density at radius 1 is 1.32 bits per heavy atom. The van der Waals surface area contributed by atoms with Gasteiger partial charge in [0.25, 0.3) is 0 Å². The minimum absolute atomic E-state index is 0. The Bertz CT molecular complexity index is 755. The van der Waals surface area contributed by atoms with Crippen LogP contribution in [-0.2, 0) is 18.3 Å². The maximum Gasteiger partial charge on any atom is 0.194 e. The number of methoxy groups -OCH3 is 1. The van der Waals surface area contributed by atoms with Crippen molar-refractivity contribution in [3.63, 3.8) is 0 Å². The average molecular weight is 523 g/mol. The molecule has 0 bridgehead atoms. The predicted octanol–water partition coefficient (Wildman–Crippen LogP) is 2.50. The molecule has 1 aromatic carbocycles. The normalized spacial score (nSPS) is 11.1. The van der Waals surface area contributed by atoms with E-state index in [1.54, 1.807) is 13.2 Å². The highest BCUT2D eigenvalue weighted by Gasteiger charge is 2.09. The van der Waals surface area contributed by atoms with Crippen molar-refractivity contribution in [2.24, 2.45) is 12.0 Å². The number of benzene rings is 1. The molecule has 0 fully saturated rings. The zero-order valence-electron chi connectivity index (χ0n) is 16.7. The standard InChI is InChI=1S/C18H27ClN6O2.HI/c1-14-22-23-17(25(14)3)13-21-18(20-8-10-26-4)24(2)9-11-27-16-7-5-6-15(19)12-16;/h5-7,12H,8-11,13H2,1-4H3,(H,20,21);1H. The molecule has 10 heteroatoms. The van der Waals surface area contributed by atoms with Gasteiger partial charge in [0.05, 0.1) is 13.2 Å². The lowest BCUT2D eigenvalue weighted by molar-refractivity contribution is 0.202. The van der Waals surface area contributed by atoms with E-state index in [0.717, 1.165) is 23.4 Å². The van der Waals surface area contributed by atoms with Gasteiger partial charge in [0, 0.05) is 32.8 Å². The minimum atomic E-state index is 0. The topological polar surface area (TPSA) is 76.8 Å². The number of halogens is 2. The largest absolute Gasteiger partial charge is 0.492 e. The third kappa shape index (κ3) is 7.80. The minimum Gasteiger partial charge on any atom is -0.492 e. The van der Waals surface area contributed by atoms with E-state index in [9.17, 15) is 0 Å². The molecule has 1 heterocycles. The number of ether oxygens (including phenoxy) is 2. The van der Waals surface area contributed by atoms with Crippen molar-refractivity contribution >= 4 is 41.5 Å². The van der Waals surface area contributed by atoms with Gasteiger partial charge in [-0.3, -0.25) is 0 Å². The lowest BCUT2D eigenvalue weighted by Crippen LogP contribution is -2.42. The molecule has 28 heavy (non-hydrogen) atoms. The Hall–Kier alpha value is -1.59. The summed E-state index contributed by atoms with van der Waals surface area (Å²) in [7, 11) is 5.56. The molecule has 1 N–H and O–H groups in total. The monoisotopic (exact) mass is 522 g/mol. The summed E-state index contributed by atoms with van der Waals surface area (Å²) in [5.41, 5.74) is 0. The summed E-state index contributed by atoms with van der Waals surface area (Å²) in [4.78, 5) is 6.66. The summed E-state index contributed by atoms with van der Waals surface area (Å²) in [6, 6.07) is 7.36. The Morgan fingerprint density at radius 2 is 2.11 bits per heavy atom. The number of nitrogens with zero attached hydrogens (tertiary/aromatic N) is 5. The summed E-state index contributed by atoms with van der Waals surface area (Å²) < 4.78 is 12.8. The zero-order chi connectivity index (χ0) is 19.6. The molecule has 0 amide bonds. The van der Waals surface area contributed by atoms with Gasteiger partial charge in [-0.25, -0.2) is 4.99 Å². The second-order valence-corrected chi connectivity index (χ2v) is 6.45. The van der Waals surface area contributed by atoms with Gasteiger partial charge in [-0.15, -0.1) is 34.2 Å². The van der Waals surface area contributed by atoms with Gasteiger partial charge in [-0.05, 0) is 25.1 Å². The van der Waals surface area contributed by atoms with Crippen molar-refractivity contribution in [3.05, 3.63) is 40.9 Å². The molecule has 0 saturated carbocycles. The molecule has 0 aliphatic heterocycles. The SMILES string of the molecule is COCCNC(=NCc1nnc(C)n1C)N(C)CCOc1cccc(Cl)c1.I. The van der Waals surface area contributed by atoms with E-state index in [-0.39, 0.29) is 24.0 Å². The molecule has 2 rings (SSSR count). The number of hydrogen-bond donors (Lipinski definition) is 1. The van der Waals surface area contributed by atoms with Gasteiger partial charge in [0.15, 0.2) is 11.8 Å². The van der Waals surface area contributed by atoms with Crippen molar-refractivity contribution in [1.29, 1.82) is 0 Å². The molecule has 0 saturated heterocycles. The van der Waals surface area contributed by atoms with Gasteiger partial charge >= 0.3 is 0 Å². The molecule has 8 nitrogen and oxygen atoms in total. The van der Waals surface area contributed by atoms with Crippen LogP contribution in [0, 0.1) is 6.92 Å². The Kier molecular flexibility index (Phi) is 11.2. The van der Waals surface area contributed by atoms with Crippen molar-refractivity contribution in [2.45, 2.75) is 13.5 Å². The number of guanidine groups is 1. The van der Waals surface area contributed by atoms with Crippen LogP contribution >= 0.6 is 35.6 Å². The fraction of sp³-hybridized carbons (Fsp3) is 0.500. The van der Waals surface area contributed by atoms with Crippen LogP contribution in [0.15, 0.2) is 29.3 Å². The number of aromatic nitrogens is 3. The predicted molar refractivity (Wildman–Crippen MR) is 122 cm³/mol. The molecule has 0 aliphatic carbocycles. The summed E-state index contributed by atoms with van der Waals surface area (Å²) in [5.74, 6) is 3.16. The van der Waals surface area contributed by atoms with Crippen LogP contribution < -0.4 is 10.1 Å². The van der Waals surface area contributed by atoms with E-state index in [0.29, 0.717) is 37.9 Å². The Balaban J connectivity index is 0.00000392. The van der Waals surface area contributed by atoms with Gasteiger partial charge in [-0.2, -0.15) is 0 Å². The highest BCUT2D eigenvalue weighted by molar-refractivity contribution is 14.0. The van der Waals surface area contributed by atoms with E-state index in [1.165, 1.54) is 0 Å². The van der Waals surface area contributed by atoms with E-state index >= 15 is 0 Å². The summed E-state index contributed by atoms with van der Waals surface area (Å²) in [5, 5.41) is 12.2. The first-order valence-electron chi connectivity index (χ1n) is 8.73. The highest BCUT2D eigenvalue weighted by Crippen LogP contribution is 2.16. The van der Waals surface area contributed by atoms with Crippen LogP contribution in [0.4, 0.5) is 0 Å². The summed E-state index contributed by atoms with van der Waals surface area (Å²) >= 11 is 5.98. The van der Waals surface area contributed by atoms with Crippen LogP contribution in [0.5, 0.6) is 5.75 Å².